The highest BCUT2D eigenvalue weighted by molar-refractivity contribution is 5.86. The Morgan fingerprint density at radius 2 is 1.86 bits per heavy atom. The maximum absolute atomic E-state index is 12.1. The molecule has 196 valence electrons. The third kappa shape index (κ3) is 8.75. The van der Waals surface area contributed by atoms with Crippen LogP contribution in [0.4, 0.5) is 0 Å². The lowest BCUT2D eigenvalue weighted by Gasteiger charge is -2.41. The predicted octanol–water partition coefficient (Wildman–Crippen LogP) is 6.08. The Morgan fingerprint density at radius 3 is 2.49 bits per heavy atom. The number of carboxylic acid groups (broad SMARTS) is 1. The van der Waals surface area contributed by atoms with Crippen LogP contribution < -0.4 is 0 Å². The van der Waals surface area contributed by atoms with Gasteiger partial charge in [-0.25, -0.2) is 0 Å². The number of ether oxygens (including phenoxy) is 1. The van der Waals surface area contributed by atoms with E-state index in [9.17, 15) is 14.7 Å². The van der Waals surface area contributed by atoms with E-state index < -0.39 is 11.6 Å². The lowest BCUT2D eigenvalue weighted by atomic mass is 9.63. The van der Waals surface area contributed by atoms with Crippen LogP contribution in [0.3, 0.4) is 0 Å². The fourth-order valence-corrected chi connectivity index (χ4v) is 5.80. The molecule has 0 spiro atoms. The Labute approximate surface area is 210 Å². The van der Waals surface area contributed by atoms with Crippen molar-refractivity contribution in [3.05, 3.63) is 34.9 Å². The number of allylic oxidation sites excluding steroid dienone is 5. The molecule has 0 bridgehead atoms. The minimum atomic E-state index is -1.22. The van der Waals surface area contributed by atoms with Gasteiger partial charge in [0.1, 0.15) is 11.7 Å². The van der Waals surface area contributed by atoms with E-state index in [1.54, 1.807) is 19.4 Å². The van der Waals surface area contributed by atoms with Crippen molar-refractivity contribution in [1.29, 1.82) is 0 Å². The molecule has 2 unspecified atom stereocenters. The Balaban J connectivity index is 0.00000100. The van der Waals surface area contributed by atoms with Crippen LogP contribution in [-0.4, -0.2) is 39.6 Å². The van der Waals surface area contributed by atoms with Crippen molar-refractivity contribution < 1.29 is 29.3 Å². The van der Waals surface area contributed by atoms with Gasteiger partial charge in [0, 0.05) is 26.7 Å². The van der Waals surface area contributed by atoms with E-state index in [-0.39, 0.29) is 23.3 Å². The summed E-state index contributed by atoms with van der Waals surface area (Å²) in [5.41, 5.74) is 3.43. The average Bonchev–Trinajstić information content (AvgIpc) is 3.07. The normalized spacial score (nSPS) is 28.6. The summed E-state index contributed by atoms with van der Waals surface area (Å²) in [6.45, 7) is 8.14. The van der Waals surface area contributed by atoms with Gasteiger partial charge in [-0.2, -0.15) is 0 Å². The minimum Gasteiger partial charge on any atom is -0.481 e. The smallest absolute Gasteiger partial charge is 0.302 e. The minimum absolute atomic E-state index is 0.0406. The molecule has 3 atom stereocenters. The molecule has 0 saturated heterocycles. The highest BCUT2D eigenvalue weighted by Crippen LogP contribution is 2.55. The quantitative estimate of drug-likeness (QED) is 0.332. The molecular formula is C29H44O6. The highest BCUT2D eigenvalue weighted by atomic mass is 16.5. The van der Waals surface area contributed by atoms with Gasteiger partial charge < -0.3 is 14.9 Å². The van der Waals surface area contributed by atoms with Crippen LogP contribution in [0, 0.1) is 11.3 Å². The first-order valence-electron chi connectivity index (χ1n) is 13.0. The number of fused-ring (bicyclic) bond motifs is 1. The van der Waals surface area contributed by atoms with E-state index in [2.05, 4.69) is 25.2 Å². The summed E-state index contributed by atoms with van der Waals surface area (Å²) in [4.78, 5) is 32.3. The fourth-order valence-electron chi connectivity index (χ4n) is 5.80. The average molecular weight is 489 g/mol. The third-order valence-electron chi connectivity index (χ3n) is 7.62. The standard InChI is InChI=1S/C27H40O4.C2H4O2/c1-19(28)31-23-11-5-8-20(18-23)13-14-21-9-7-17-27(4)22(15-16-24(21)27)10-6-12-25(29)26(2,3)30;1-2(3)4/h13-15,23-24,30H,5-12,16-18H2,1-4H3;1H3,(H,3,4)/b20-13-,21-14+;/t23?,24?,27-;/m1./s1. The van der Waals surface area contributed by atoms with Gasteiger partial charge in [0.2, 0.25) is 0 Å². The number of carbonyl (C=O) groups is 3. The first kappa shape index (κ1) is 29.0. The number of aliphatic hydroxyl groups is 1. The molecule has 2 fully saturated rings. The molecule has 35 heavy (non-hydrogen) atoms. The summed E-state index contributed by atoms with van der Waals surface area (Å²) in [6, 6.07) is 0. The molecule has 0 heterocycles. The molecular weight excluding hydrogens is 444 g/mol. The van der Waals surface area contributed by atoms with Crippen LogP contribution in [0.1, 0.15) is 105 Å². The number of Topliss-reactive ketones (excluding diaryl/α,β-unsaturated/α-hetero) is 1. The van der Waals surface area contributed by atoms with Crippen LogP contribution in [0.25, 0.3) is 0 Å². The third-order valence-corrected chi connectivity index (χ3v) is 7.62. The molecule has 6 heteroatoms. The van der Waals surface area contributed by atoms with Crippen molar-refractivity contribution in [3.8, 4) is 0 Å². The number of hydrogen-bond acceptors (Lipinski definition) is 5. The number of rotatable bonds is 7. The second-order valence-electron chi connectivity index (χ2n) is 11.0. The molecule has 2 saturated carbocycles. The number of esters is 1. The Hall–Kier alpha value is -2.21. The fraction of sp³-hybridized carbons (Fsp3) is 0.690. The van der Waals surface area contributed by atoms with Gasteiger partial charge in [-0.15, -0.1) is 0 Å². The van der Waals surface area contributed by atoms with Gasteiger partial charge in [0.05, 0.1) is 0 Å². The van der Waals surface area contributed by atoms with Gasteiger partial charge in [0.15, 0.2) is 5.78 Å². The Morgan fingerprint density at radius 1 is 1.17 bits per heavy atom. The van der Waals surface area contributed by atoms with E-state index in [1.165, 1.54) is 30.9 Å². The predicted molar refractivity (Wildman–Crippen MR) is 137 cm³/mol. The van der Waals surface area contributed by atoms with Crippen LogP contribution in [0.5, 0.6) is 0 Å². The summed E-state index contributed by atoms with van der Waals surface area (Å²) >= 11 is 0. The van der Waals surface area contributed by atoms with E-state index in [0.717, 1.165) is 58.3 Å². The van der Waals surface area contributed by atoms with E-state index >= 15 is 0 Å². The summed E-state index contributed by atoms with van der Waals surface area (Å²) in [6.07, 6.45) is 18.0. The zero-order chi connectivity index (χ0) is 26.2. The maximum Gasteiger partial charge on any atom is 0.302 e. The van der Waals surface area contributed by atoms with Gasteiger partial charge >= 0.3 is 5.97 Å². The molecule has 2 N–H and O–H groups in total. The SMILES string of the molecule is CC(=O)O.CC(=O)OC1CCC/C(=C/C=C2\CCC[C@]3(C)C(CCCC(=O)C(C)(C)O)=CCC23)C1. The molecule has 0 radical (unpaired) electrons. The molecule has 6 nitrogen and oxygen atoms in total. The lowest BCUT2D eigenvalue weighted by molar-refractivity contribution is -0.147. The topological polar surface area (TPSA) is 101 Å². The molecule has 3 aliphatic carbocycles. The number of aliphatic carboxylic acids is 1. The number of carboxylic acids is 1. The molecule has 3 aliphatic rings. The number of ketones is 1. The monoisotopic (exact) mass is 488 g/mol. The largest absolute Gasteiger partial charge is 0.481 e. The van der Waals surface area contributed by atoms with E-state index in [4.69, 9.17) is 14.6 Å². The summed E-state index contributed by atoms with van der Waals surface area (Å²) < 4.78 is 5.44. The molecule has 0 aromatic carbocycles. The molecule has 0 aromatic rings. The highest BCUT2D eigenvalue weighted by Gasteiger charge is 2.44. The van der Waals surface area contributed by atoms with Gasteiger partial charge in [0.25, 0.3) is 5.97 Å². The first-order valence-corrected chi connectivity index (χ1v) is 13.0. The van der Waals surface area contributed by atoms with Gasteiger partial charge in [-0.3, -0.25) is 14.4 Å². The number of hydrogen-bond donors (Lipinski definition) is 2. The van der Waals surface area contributed by atoms with Crippen molar-refractivity contribution in [2.45, 2.75) is 117 Å². The van der Waals surface area contributed by atoms with Crippen LogP contribution in [0.15, 0.2) is 34.9 Å². The summed E-state index contributed by atoms with van der Waals surface area (Å²) in [5, 5.41) is 17.3. The van der Waals surface area contributed by atoms with Crippen molar-refractivity contribution in [2.75, 3.05) is 0 Å². The maximum atomic E-state index is 12.1. The van der Waals surface area contributed by atoms with Crippen molar-refractivity contribution in [1.82, 2.24) is 0 Å². The summed E-state index contributed by atoms with van der Waals surface area (Å²) in [5.74, 6) is -0.518. The van der Waals surface area contributed by atoms with Crippen LogP contribution in [-0.2, 0) is 19.1 Å². The van der Waals surface area contributed by atoms with Crippen molar-refractivity contribution in [3.63, 3.8) is 0 Å². The molecule has 0 aromatic heterocycles. The molecule has 0 aliphatic heterocycles. The second kappa shape index (κ2) is 12.7. The molecule has 3 rings (SSSR count). The molecule has 0 amide bonds. The van der Waals surface area contributed by atoms with Crippen molar-refractivity contribution >= 4 is 17.7 Å². The first-order chi connectivity index (χ1) is 16.3. The number of carbonyl (C=O) groups excluding carboxylic acids is 2. The van der Waals surface area contributed by atoms with Gasteiger partial charge in [-0.1, -0.05) is 41.9 Å². The van der Waals surface area contributed by atoms with Crippen LogP contribution >= 0.6 is 0 Å². The second-order valence-corrected chi connectivity index (χ2v) is 11.0. The zero-order valence-electron chi connectivity index (χ0n) is 22.2. The lowest BCUT2D eigenvalue weighted by Crippen LogP contribution is -2.32. The zero-order valence-corrected chi connectivity index (χ0v) is 22.2. The summed E-state index contributed by atoms with van der Waals surface area (Å²) in [7, 11) is 0. The Kier molecular flexibility index (Phi) is 10.5. The van der Waals surface area contributed by atoms with Crippen LogP contribution in [0.2, 0.25) is 0 Å². The van der Waals surface area contributed by atoms with Gasteiger partial charge in [-0.05, 0) is 83.0 Å². The Bertz CT molecular complexity index is 868. The van der Waals surface area contributed by atoms with Crippen molar-refractivity contribution in [2.24, 2.45) is 11.3 Å². The van der Waals surface area contributed by atoms with E-state index in [0.29, 0.717) is 12.3 Å². The van der Waals surface area contributed by atoms with E-state index in [1.807, 2.05) is 0 Å².